The maximum Gasteiger partial charge on any atom is 0.126 e. The van der Waals surface area contributed by atoms with Crippen LogP contribution in [0.5, 0.6) is 0 Å². The third-order valence-electron chi connectivity index (χ3n) is 8.63. The monoisotopic (exact) mass is 842 g/mol. The largest absolute Gasteiger partial charge is 0.500 e. The van der Waals surface area contributed by atoms with Gasteiger partial charge in [-0.1, -0.05) is 80.6 Å². The second kappa shape index (κ2) is 14.5. The fourth-order valence-corrected chi connectivity index (χ4v) is 6.23. The number of nitrogens with zero attached hydrogens (tertiary/aromatic N) is 3. The van der Waals surface area contributed by atoms with E-state index in [-0.39, 0.29) is 37.0 Å². The summed E-state index contributed by atoms with van der Waals surface area (Å²) in [5.74, 6) is 1.10. The van der Waals surface area contributed by atoms with E-state index in [1.807, 2.05) is 30.3 Å². The van der Waals surface area contributed by atoms with Crippen LogP contribution in [0.3, 0.4) is 0 Å². The summed E-state index contributed by atoms with van der Waals surface area (Å²) in [6.07, 6.45) is 1.12. The smallest absolute Gasteiger partial charge is 0.126 e. The van der Waals surface area contributed by atoms with E-state index in [0.717, 1.165) is 45.1 Å². The molecule has 5 aromatic carbocycles. The van der Waals surface area contributed by atoms with Gasteiger partial charge in [-0.25, -0.2) is 4.39 Å². The number of fused-ring (bicyclic) bond motifs is 4. The summed E-state index contributed by atoms with van der Waals surface area (Å²) < 4.78 is 67.2. The SMILES string of the molecule is CC(C)c1cccc(C(C)C)c1-n1c(-c2[c-]ccc3c2oc2cc(F)ccc23)nc2ccccc21.[2H]C([2H])([2H])c1cnc(-c2[c-]cccc2)cc1C([2H])([2H])[2H].[Ir]. The molecule has 3 heterocycles. The second-order valence-electron chi connectivity index (χ2n) is 12.6. The number of rotatable bonds is 5. The number of aromatic nitrogens is 3. The first-order chi connectivity index (χ1) is 26.1. The molecule has 0 aliphatic rings. The number of benzene rings is 5. The molecule has 0 N–H and O–H groups in total. The number of halogens is 1. The van der Waals surface area contributed by atoms with Gasteiger partial charge in [0.2, 0.25) is 0 Å². The molecule has 0 bridgehead atoms. The molecule has 0 saturated heterocycles. The van der Waals surface area contributed by atoms with Gasteiger partial charge in [0, 0.05) is 51.7 Å². The minimum Gasteiger partial charge on any atom is -0.500 e. The molecule has 6 heteroatoms. The predicted molar refractivity (Wildman–Crippen MR) is 199 cm³/mol. The van der Waals surface area contributed by atoms with Gasteiger partial charge in [0.15, 0.2) is 0 Å². The van der Waals surface area contributed by atoms with E-state index in [4.69, 9.17) is 17.6 Å². The maximum atomic E-state index is 14.0. The number of para-hydroxylation sites is 3. The van der Waals surface area contributed by atoms with Crippen LogP contribution in [0.25, 0.3) is 61.3 Å². The Balaban J connectivity index is 0.000000217. The Labute approximate surface area is 314 Å². The van der Waals surface area contributed by atoms with Crippen LogP contribution in [0, 0.1) is 31.7 Å². The Hall–Kier alpha value is -4.90. The van der Waals surface area contributed by atoms with Gasteiger partial charge >= 0.3 is 0 Å². The van der Waals surface area contributed by atoms with Gasteiger partial charge in [-0.15, -0.1) is 54.1 Å². The predicted octanol–water partition coefficient (Wildman–Crippen LogP) is 11.9. The van der Waals surface area contributed by atoms with Crippen LogP contribution in [0.2, 0.25) is 0 Å². The van der Waals surface area contributed by atoms with Gasteiger partial charge < -0.3 is 14.0 Å². The summed E-state index contributed by atoms with van der Waals surface area (Å²) in [6.45, 7) is 3.89. The quantitative estimate of drug-likeness (QED) is 0.162. The second-order valence-corrected chi connectivity index (χ2v) is 12.6. The van der Waals surface area contributed by atoms with Crippen molar-refractivity contribution in [2.45, 2.75) is 53.2 Å². The third kappa shape index (κ3) is 6.54. The Bertz CT molecular complexity index is 2640. The number of imidazole rings is 1. The summed E-state index contributed by atoms with van der Waals surface area (Å²) in [5, 5.41) is 1.80. The Morgan fingerprint density at radius 1 is 0.780 bits per heavy atom. The standard InChI is InChI=1S/C31H26FN2O.C13H12N.Ir/c1-18(2)21-9-7-10-22(19(3)4)29(21)34-27-14-6-5-13-26(27)33-31(34)25-12-8-11-24-23-16-15-20(32)17-28(23)35-30(24)25;1-10-8-13(14-9-11(10)2)12-6-4-3-5-7-12;/h5-11,13-19H,1-4H3;3-6,8-9H,1-2H3;/q2*-1;/i;1D3,2D3;. The van der Waals surface area contributed by atoms with Crippen LogP contribution in [-0.4, -0.2) is 14.5 Å². The Morgan fingerprint density at radius 3 is 2.26 bits per heavy atom. The van der Waals surface area contributed by atoms with E-state index in [0.29, 0.717) is 34.3 Å². The van der Waals surface area contributed by atoms with Crippen molar-refractivity contribution in [2.24, 2.45) is 0 Å². The van der Waals surface area contributed by atoms with E-state index < -0.39 is 13.7 Å². The van der Waals surface area contributed by atoms with Gasteiger partial charge in [0.25, 0.3) is 0 Å². The van der Waals surface area contributed by atoms with E-state index >= 15 is 0 Å². The van der Waals surface area contributed by atoms with E-state index in [9.17, 15) is 4.39 Å². The average Bonchev–Trinajstić information content (AvgIpc) is 3.72. The van der Waals surface area contributed by atoms with Crippen molar-refractivity contribution in [1.82, 2.24) is 14.5 Å². The zero-order chi connectivity index (χ0) is 39.2. The molecule has 1 radical (unpaired) electrons. The minimum absolute atomic E-state index is 0. The number of aryl methyl sites for hydroxylation is 2. The van der Waals surface area contributed by atoms with Gasteiger partial charge in [-0.2, -0.15) is 0 Å². The number of pyridine rings is 1. The van der Waals surface area contributed by atoms with Crippen molar-refractivity contribution in [1.29, 1.82) is 0 Å². The van der Waals surface area contributed by atoms with Gasteiger partial charge in [0.05, 0.1) is 22.4 Å². The molecule has 8 rings (SSSR count). The molecule has 8 aromatic rings. The van der Waals surface area contributed by atoms with Crippen LogP contribution in [-0.2, 0) is 20.1 Å². The van der Waals surface area contributed by atoms with E-state index in [2.05, 4.69) is 73.6 Å². The molecule has 3 aromatic heterocycles. The molecule has 50 heavy (non-hydrogen) atoms. The summed E-state index contributed by atoms with van der Waals surface area (Å²) >= 11 is 0. The fourth-order valence-electron chi connectivity index (χ4n) is 6.23. The Kier molecular flexibility index (Phi) is 8.10. The van der Waals surface area contributed by atoms with Crippen molar-refractivity contribution in [3.63, 3.8) is 0 Å². The fraction of sp³-hybridized carbons (Fsp3) is 0.182. The molecule has 0 saturated carbocycles. The Morgan fingerprint density at radius 2 is 1.54 bits per heavy atom. The summed E-state index contributed by atoms with van der Waals surface area (Å²) in [7, 11) is 0. The molecular weight excluding hydrogens is 798 g/mol. The maximum absolute atomic E-state index is 14.0. The van der Waals surface area contributed by atoms with Crippen LogP contribution in [0.15, 0.2) is 114 Å². The number of furan rings is 1. The molecule has 4 nitrogen and oxygen atoms in total. The molecule has 0 spiro atoms. The van der Waals surface area contributed by atoms with E-state index in [1.54, 1.807) is 30.3 Å². The van der Waals surface area contributed by atoms with Crippen LogP contribution in [0.4, 0.5) is 4.39 Å². The summed E-state index contributed by atoms with van der Waals surface area (Å²) in [6, 6.07) is 37.9. The van der Waals surface area contributed by atoms with Gasteiger partial charge in [0.1, 0.15) is 11.4 Å². The van der Waals surface area contributed by atoms with Crippen LogP contribution >= 0.6 is 0 Å². The first kappa shape index (κ1) is 27.9. The van der Waals surface area contributed by atoms with Gasteiger partial charge in [-0.05, 0) is 72.2 Å². The molecule has 0 unspecified atom stereocenters. The van der Waals surface area contributed by atoms with Crippen LogP contribution in [0.1, 0.15) is 70.0 Å². The third-order valence-corrected chi connectivity index (χ3v) is 8.63. The summed E-state index contributed by atoms with van der Waals surface area (Å²) in [4.78, 5) is 9.14. The first-order valence-electron chi connectivity index (χ1n) is 19.2. The number of hydrogen-bond acceptors (Lipinski definition) is 3. The van der Waals surface area contributed by atoms with E-state index in [1.165, 1.54) is 29.3 Å². The molecular formula is C44H38FIrN3O-2. The molecule has 0 aliphatic heterocycles. The number of hydrogen-bond donors (Lipinski definition) is 0. The average molecular weight is 842 g/mol. The first-order valence-corrected chi connectivity index (χ1v) is 16.2. The van der Waals surface area contributed by atoms with Gasteiger partial charge in [-0.3, -0.25) is 4.98 Å². The van der Waals surface area contributed by atoms with Crippen molar-refractivity contribution < 1.29 is 37.1 Å². The normalized spacial score (nSPS) is 13.6. The van der Waals surface area contributed by atoms with Crippen molar-refractivity contribution in [3.05, 3.63) is 150 Å². The van der Waals surface area contributed by atoms with Crippen molar-refractivity contribution in [2.75, 3.05) is 0 Å². The van der Waals surface area contributed by atoms with Crippen molar-refractivity contribution in [3.8, 4) is 28.3 Å². The van der Waals surface area contributed by atoms with Crippen molar-refractivity contribution >= 4 is 33.0 Å². The molecule has 0 fully saturated rings. The zero-order valence-electron chi connectivity index (χ0n) is 34.0. The summed E-state index contributed by atoms with van der Waals surface area (Å²) in [5.41, 5.74) is 8.16. The van der Waals surface area contributed by atoms with Crippen LogP contribution < -0.4 is 0 Å². The topological polar surface area (TPSA) is 43.9 Å². The zero-order valence-corrected chi connectivity index (χ0v) is 30.4. The molecule has 0 amide bonds. The molecule has 0 aliphatic carbocycles. The minimum atomic E-state index is -2.50. The molecule has 253 valence electrons. The molecule has 0 atom stereocenters.